The van der Waals surface area contributed by atoms with Crippen LogP contribution in [0.1, 0.15) is 59.8 Å². The Morgan fingerprint density at radius 2 is 1.80 bits per heavy atom. The van der Waals surface area contributed by atoms with E-state index in [1.54, 1.807) is 0 Å². The summed E-state index contributed by atoms with van der Waals surface area (Å²) >= 11 is 0. The van der Waals surface area contributed by atoms with Gasteiger partial charge in [-0.3, -0.25) is 9.69 Å². The zero-order valence-corrected chi connectivity index (χ0v) is 14.0. The van der Waals surface area contributed by atoms with E-state index in [0.29, 0.717) is 18.6 Å². The van der Waals surface area contributed by atoms with Crippen LogP contribution in [0, 0.1) is 0 Å². The minimum absolute atomic E-state index is 0.0966. The highest BCUT2D eigenvalue weighted by Gasteiger charge is 2.25. The van der Waals surface area contributed by atoms with Crippen LogP contribution in [0.5, 0.6) is 0 Å². The fraction of sp³-hybridized carbons (Fsp3) is 0.938. The standard InChI is InChI=1S/C16H33N3O/c1-6-16(3,4)18-15(20)12-19(5)14-10-8-13(9-11-14)17-7-2/h13-14,17H,6-12H2,1-5H3,(H,18,20). The van der Waals surface area contributed by atoms with Gasteiger partial charge in [0.1, 0.15) is 0 Å². The fourth-order valence-corrected chi connectivity index (χ4v) is 2.87. The van der Waals surface area contributed by atoms with E-state index in [4.69, 9.17) is 0 Å². The van der Waals surface area contributed by atoms with Crippen LogP contribution in [0.15, 0.2) is 0 Å². The molecule has 118 valence electrons. The predicted molar refractivity (Wildman–Crippen MR) is 84.9 cm³/mol. The molecule has 2 N–H and O–H groups in total. The zero-order valence-electron chi connectivity index (χ0n) is 14.0. The lowest BCUT2D eigenvalue weighted by molar-refractivity contribution is -0.124. The van der Waals surface area contributed by atoms with Crippen molar-refractivity contribution in [3.05, 3.63) is 0 Å². The van der Waals surface area contributed by atoms with Crippen molar-refractivity contribution < 1.29 is 4.79 Å². The van der Waals surface area contributed by atoms with E-state index in [2.05, 4.69) is 50.3 Å². The van der Waals surface area contributed by atoms with Crippen LogP contribution in [-0.2, 0) is 4.79 Å². The minimum atomic E-state index is -0.0966. The fourth-order valence-electron chi connectivity index (χ4n) is 2.87. The summed E-state index contributed by atoms with van der Waals surface area (Å²) in [5.41, 5.74) is -0.0966. The first-order chi connectivity index (χ1) is 9.38. The summed E-state index contributed by atoms with van der Waals surface area (Å²) in [6, 6.07) is 1.23. The van der Waals surface area contributed by atoms with Gasteiger partial charge in [0.05, 0.1) is 6.54 Å². The molecule has 1 rings (SSSR count). The van der Waals surface area contributed by atoms with Crippen LogP contribution in [0.25, 0.3) is 0 Å². The summed E-state index contributed by atoms with van der Waals surface area (Å²) in [6.07, 6.45) is 5.79. The van der Waals surface area contributed by atoms with Crippen LogP contribution in [0.3, 0.4) is 0 Å². The quantitative estimate of drug-likeness (QED) is 0.752. The molecule has 0 atom stereocenters. The normalized spacial score (nSPS) is 23.9. The summed E-state index contributed by atoms with van der Waals surface area (Å²) in [7, 11) is 2.08. The van der Waals surface area contributed by atoms with E-state index in [-0.39, 0.29) is 11.4 Å². The zero-order chi connectivity index (χ0) is 15.2. The molecular formula is C16H33N3O. The molecule has 1 amide bonds. The van der Waals surface area contributed by atoms with Gasteiger partial charge in [-0.2, -0.15) is 0 Å². The van der Waals surface area contributed by atoms with Crippen molar-refractivity contribution in [2.75, 3.05) is 20.1 Å². The first-order valence-corrected chi connectivity index (χ1v) is 8.12. The average molecular weight is 283 g/mol. The number of hydrogen-bond acceptors (Lipinski definition) is 3. The number of carbonyl (C=O) groups excluding carboxylic acids is 1. The summed E-state index contributed by atoms with van der Waals surface area (Å²) in [6.45, 7) is 9.99. The Bertz CT molecular complexity index is 296. The van der Waals surface area contributed by atoms with Crippen molar-refractivity contribution in [3.63, 3.8) is 0 Å². The number of nitrogens with zero attached hydrogens (tertiary/aromatic N) is 1. The number of nitrogens with one attached hydrogen (secondary N) is 2. The third kappa shape index (κ3) is 5.80. The first-order valence-electron chi connectivity index (χ1n) is 8.12. The lowest BCUT2D eigenvalue weighted by Gasteiger charge is -2.35. The van der Waals surface area contributed by atoms with E-state index >= 15 is 0 Å². The molecule has 0 spiro atoms. The van der Waals surface area contributed by atoms with Gasteiger partial charge >= 0.3 is 0 Å². The molecule has 4 heteroatoms. The van der Waals surface area contributed by atoms with Gasteiger partial charge in [0, 0.05) is 17.6 Å². The monoisotopic (exact) mass is 283 g/mol. The maximum atomic E-state index is 12.1. The lowest BCUT2D eigenvalue weighted by atomic mass is 9.90. The molecule has 0 aromatic rings. The molecular weight excluding hydrogens is 250 g/mol. The van der Waals surface area contributed by atoms with Crippen molar-refractivity contribution in [2.24, 2.45) is 0 Å². The molecule has 0 aromatic heterocycles. The van der Waals surface area contributed by atoms with E-state index in [1.807, 2.05) is 0 Å². The maximum absolute atomic E-state index is 12.1. The van der Waals surface area contributed by atoms with Crippen LogP contribution in [-0.4, -0.2) is 48.6 Å². The Kier molecular flexibility index (Phi) is 6.96. The second-order valence-corrected chi connectivity index (χ2v) is 6.76. The summed E-state index contributed by atoms with van der Waals surface area (Å²) in [4.78, 5) is 14.3. The van der Waals surface area contributed by atoms with Crippen molar-refractivity contribution in [1.29, 1.82) is 0 Å². The van der Waals surface area contributed by atoms with E-state index in [1.165, 1.54) is 25.7 Å². The number of rotatable bonds is 7. The molecule has 0 radical (unpaired) electrons. The molecule has 0 saturated heterocycles. The lowest BCUT2D eigenvalue weighted by Crippen LogP contribution is -2.49. The van der Waals surface area contributed by atoms with Gasteiger partial charge in [-0.15, -0.1) is 0 Å². The molecule has 20 heavy (non-hydrogen) atoms. The molecule has 1 aliphatic rings. The summed E-state index contributed by atoms with van der Waals surface area (Å²) in [5.74, 6) is 0.146. The van der Waals surface area contributed by atoms with Crippen LogP contribution in [0.2, 0.25) is 0 Å². The topological polar surface area (TPSA) is 44.4 Å². The molecule has 1 fully saturated rings. The van der Waals surface area contributed by atoms with Crippen LogP contribution < -0.4 is 10.6 Å². The van der Waals surface area contributed by atoms with Gasteiger partial charge in [-0.1, -0.05) is 13.8 Å². The van der Waals surface area contributed by atoms with Gasteiger partial charge in [-0.25, -0.2) is 0 Å². The van der Waals surface area contributed by atoms with E-state index < -0.39 is 0 Å². The molecule has 0 aromatic carbocycles. The molecule has 4 nitrogen and oxygen atoms in total. The number of carbonyl (C=O) groups is 1. The number of likely N-dealkylation sites (N-methyl/N-ethyl adjacent to an activating group) is 1. The largest absolute Gasteiger partial charge is 0.350 e. The van der Waals surface area contributed by atoms with Crippen molar-refractivity contribution in [1.82, 2.24) is 15.5 Å². The Labute approximate surface area is 124 Å². The van der Waals surface area contributed by atoms with Gasteiger partial charge in [-0.05, 0) is 59.5 Å². The Balaban J connectivity index is 2.33. The molecule has 1 aliphatic carbocycles. The van der Waals surface area contributed by atoms with Gasteiger partial charge in [0.2, 0.25) is 5.91 Å². The van der Waals surface area contributed by atoms with Gasteiger partial charge < -0.3 is 10.6 Å². The van der Waals surface area contributed by atoms with Crippen molar-refractivity contribution >= 4 is 5.91 Å². The molecule has 0 unspecified atom stereocenters. The average Bonchev–Trinajstić information content (AvgIpc) is 2.39. The SMILES string of the molecule is CCNC1CCC(N(C)CC(=O)NC(C)(C)CC)CC1. The maximum Gasteiger partial charge on any atom is 0.234 e. The second-order valence-electron chi connectivity index (χ2n) is 6.76. The molecule has 0 aliphatic heterocycles. The molecule has 0 bridgehead atoms. The minimum Gasteiger partial charge on any atom is -0.350 e. The Morgan fingerprint density at radius 3 is 2.30 bits per heavy atom. The van der Waals surface area contributed by atoms with Gasteiger partial charge in [0.15, 0.2) is 0 Å². The smallest absolute Gasteiger partial charge is 0.234 e. The van der Waals surface area contributed by atoms with Gasteiger partial charge in [0.25, 0.3) is 0 Å². The summed E-state index contributed by atoms with van der Waals surface area (Å²) in [5, 5.41) is 6.64. The van der Waals surface area contributed by atoms with Crippen molar-refractivity contribution in [3.8, 4) is 0 Å². The highest BCUT2D eigenvalue weighted by Crippen LogP contribution is 2.22. The Hall–Kier alpha value is -0.610. The number of amides is 1. The Morgan fingerprint density at radius 1 is 1.20 bits per heavy atom. The summed E-state index contributed by atoms with van der Waals surface area (Å²) < 4.78 is 0. The third-order valence-corrected chi connectivity index (χ3v) is 4.57. The number of hydrogen-bond donors (Lipinski definition) is 2. The highest BCUT2D eigenvalue weighted by atomic mass is 16.2. The molecule has 0 heterocycles. The van der Waals surface area contributed by atoms with E-state index in [0.717, 1.165) is 13.0 Å². The van der Waals surface area contributed by atoms with Crippen LogP contribution >= 0.6 is 0 Å². The predicted octanol–water partition coefficient (Wildman–Crippen LogP) is 2.14. The first kappa shape index (κ1) is 17.4. The van der Waals surface area contributed by atoms with E-state index in [9.17, 15) is 4.79 Å². The highest BCUT2D eigenvalue weighted by molar-refractivity contribution is 5.78. The molecule has 1 saturated carbocycles. The second kappa shape index (κ2) is 7.99. The van der Waals surface area contributed by atoms with Crippen molar-refractivity contribution in [2.45, 2.75) is 77.4 Å². The third-order valence-electron chi connectivity index (χ3n) is 4.57. The van der Waals surface area contributed by atoms with Crippen LogP contribution in [0.4, 0.5) is 0 Å².